The Morgan fingerprint density at radius 1 is 1.62 bits per heavy atom. The molecule has 0 radical (unpaired) electrons. The van der Waals surface area contributed by atoms with Crippen LogP contribution >= 0.6 is 0 Å². The zero-order valence-electron chi connectivity index (χ0n) is 7.76. The zero-order valence-corrected chi connectivity index (χ0v) is 7.76. The molecule has 1 aliphatic heterocycles. The summed E-state index contributed by atoms with van der Waals surface area (Å²) in [6.45, 7) is 1.30. The van der Waals surface area contributed by atoms with E-state index in [0.717, 1.165) is 13.0 Å². The maximum absolute atomic E-state index is 13.2. The molecule has 2 nitrogen and oxygen atoms in total. The normalized spacial score (nSPS) is 25.5. The third-order valence-corrected chi connectivity index (χ3v) is 2.54. The average molecular weight is 188 g/mol. The summed E-state index contributed by atoms with van der Waals surface area (Å²) in [5.41, 5.74) is 0. The minimum Gasteiger partial charge on any atom is -0.306 e. The van der Waals surface area contributed by atoms with Crippen molar-refractivity contribution < 1.29 is 8.78 Å². The standard InChI is InChI=1S/C9H14F2N2/c1-13-6-2-3-8(7-13)9(10,11)4-5-12/h8H,2-4,6-7H2,1H3. The Morgan fingerprint density at radius 3 is 2.85 bits per heavy atom. The highest BCUT2D eigenvalue weighted by Crippen LogP contribution is 2.33. The van der Waals surface area contributed by atoms with Crippen LogP contribution in [0.4, 0.5) is 8.78 Å². The van der Waals surface area contributed by atoms with Gasteiger partial charge in [0.1, 0.15) is 0 Å². The van der Waals surface area contributed by atoms with Crippen LogP contribution in [0, 0.1) is 17.2 Å². The summed E-state index contributed by atoms with van der Waals surface area (Å²) < 4.78 is 26.5. The lowest BCUT2D eigenvalue weighted by atomic mass is 9.90. The average Bonchev–Trinajstić information content (AvgIpc) is 2.04. The highest BCUT2D eigenvalue weighted by molar-refractivity contribution is 4.89. The number of piperidine rings is 1. The molecule has 0 spiro atoms. The van der Waals surface area contributed by atoms with Crippen LogP contribution in [0.15, 0.2) is 0 Å². The van der Waals surface area contributed by atoms with Gasteiger partial charge in [-0.1, -0.05) is 0 Å². The molecule has 0 amide bonds. The van der Waals surface area contributed by atoms with Crippen LogP contribution in [0.3, 0.4) is 0 Å². The zero-order chi connectivity index (χ0) is 9.90. The smallest absolute Gasteiger partial charge is 0.264 e. The first kappa shape index (κ1) is 10.4. The largest absolute Gasteiger partial charge is 0.306 e. The Kier molecular flexibility index (Phi) is 3.21. The number of halogens is 2. The minimum absolute atomic E-state index is 0.411. The Labute approximate surface area is 77.1 Å². The lowest BCUT2D eigenvalue weighted by Gasteiger charge is -2.33. The molecule has 4 heteroatoms. The van der Waals surface area contributed by atoms with Gasteiger partial charge < -0.3 is 4.90 Å². The highest BCUT2D eigenvalue weighted by atomic mass is 19.3. The molecule has 0 aromatic carbocycles. The second-order valence-electron chi connectivity index (χ2n) is 3.70. The summed E-state index contributed by atoms with van der Waals surface area (Å²) in [5, 5.41) is 8.25. The van der Waals surface area contributed by atoms with Crippen molar-refractivity contribution in [1.29, 1.82) is 5.26 Å². The van der Waals surface area contributed by atoms with Gasteiger partial charge in [0.05, 0.1) is 12.5 Å². The molecule has 1 rings (SSSR count). The van der Waals surface area contributed by atoms with E-state index in [-0.39, 0.29) is 0 Å². The summed E-state index contributed by atoms with van der Waals surface area (Å²) in [6.07, 6.45) is 0.701. The van der Waals surface area contributed by atoms with Gasteiger partial charge in [0.15, 0.2) is 0 Å². The fourth-order valence-electron chi connectivity index (χ4n) is 1.76. The van der Waals surface area contributed by atoms with E-state index < -0.39 is 18.3 Å². The van der Waals surface area contributed by atoms with E-state index in [1.54, 1.807) is 6.07 Å². The summed E-state index contributed by atoms with van der Waals surface area (Å²) >= 11 is 0. The van der Waals surface area contributed by atoms with Gasteiger partial charge in [-0.2, -0.15) is 5.26 Å². The van der Waals surface area contributed by atoms with E-state index in [0.29, 0.717) is 13.0 Å². The predicted octanol–water partition coefficient (Wildman–Crippen LogP) is 1.88. The maximum Gasteiger partial charge on any atom is 0.264 e. The molecule has 0 N–H and O–H groups in total. The van der Waals surface area contributed by atoms with Crippen LogP contribution in [0.1, 0.15) is 19.3 Å². The molecule has 1 heterocycles. The fourth-order valence-corrected chi connectivity index (χ4v) is 1.76. The molecule has 1 aliphatic rings. The summed E-state index contributed by atoms with van der Waals surface area (Å²) in [5.74, 6) is -3.44. The van der Waals surface area contributed by atoms with Crippen molar-refractivity contribution in [3.05, 3.63) is 0 Å². The number of nitriles is 1. The number of rotatable bonds is 2. The second-order valence-corrected chi connectivity index (χ2v) is 3.70. The molecule has 1 atom stereocenters. The third-order valence-electron chi connectivity index (χ3n) is 2.54. The summed E-state index contributed by atoms with van der Waals surface area (Å²) in [4.78, 5) is 1.90. The van der Waals surface area contributed by atoms with Crippen molar-refractivity contribution in [1.82, 2.24) is 4.90 Å². The first-order chi connectivity index (χ1) is 6.06. The predicted molar refractivity (Wildman–Crippen MR) is 45.4 cm³/mol. The lowest BCUT2D eigenvalue weighted by molar-refractivity contribution is -0.0752. The van der Waals surface area contributed by atoms with E-state index in [2.05, 4.69) is 0 Å². The van der Waals surface area contributed by atoms with Crippen molar-refractivity contribution in [2.45, 2.75) is 25.2 Å². The molecule has 0 saturated carbocycles. The van der Waals surface area contributed by atoms with Gasteiger partial charge >= 0.3 is 0 Å². The van der Waals surface area contributed by atoms with Gasteiger partial charge in [0.2, 0.25) is 0 Å². The van der Waals surface area contributed by atoms with Crippen LogP contribution in [0.5, 0.6) is 0 Å². The Hall–Kier alpha value is -0.690. The van der Waals surface area contributed by atoms with Gasteiger partial charge in [0.25, 0.3) is 5.92 Å². The van der Waals surface area contributed by atoms with Crippen LogP contribution < -0.4 is 0 Å². The van der Waals surface area contributed by atoms with Gasteiger partial charge in [0, 0.05) is 12.5 Å². The molecule has 0 aromatic heterocycles. The first-order valence-corrected chi connectivity index (χ1v) is 4.49. The number of hydrogen-bond acceptors (Lipinski definition) is 2. The topological polar surface area (TPSA) is 27.0 Å². The molecule has 1 saturated heterocycles. The van der Waals surface area contributed by atoms with E-state index in [1.165, 1.54) is 0 Å². The summed E-state index contributed by atoms with van der Waals surface area (Å²) in [7, 11) is 1.84. The first-order valence-electron chi connectivity index (χ1n) is 4.49. The fraction of sp³-hybridized carbons (Fsp3) is 0.889. The van der Waals surface area contributed by atoms with Crippen LogP contribution in [0.2, 0.25) is 0 Å². The van der Waals surface area contributed by atoms with E-state index >= 15 is 0 Å². The molecule has 0 aromatic rings. The van der Waals surface area contributed by atoms with Gasteiger partial charge in [-0.15, -0.1) is 0 Å². The molecule has 1 unspecified atom stereocenters. The Morgan fingerprint density at radius 2 is 2.31 bits per heavy atom. The van der Waals surface area contributed by atoms with E-state index in [1.807, 2.05) is 11.9 Å². The molecule has 13 heavy (non-hydrogen) atoms. The maximum atomic E-state index is 13.2. The molecular weight excluding hydrogens is 174 g/mol. The molecular formula is C9H14F2N2. The highest BCUT2D eigenvalue weighted by Gasteiger charge is 2.40. The van der Waals surface area contributed by atoms with Crippen LogP contribution in [0.25, 0.3) is 0 Å². The van der Waals surface area contributed by atoms with Crippen LogP contribution in [-0.4, -0.2) is 31.0 Å². The monoisotopic (exact) mass is 188 g/mol. The Balaban J connectivity index is 2.55. The lowest BCUT2D eigenvalue weighted by Crippen LogP contribution is -2.41. The number of likely N-dealkylation sites (tertiary alicyclic amines) is 1. The van der Waals surface area contributed by atoms with Crippen molar-refractivity contribution in [3.8, 4) is 6.07 Å². The van der Waals surface area contributed by atoms with Crippen molar-refractivity contribution >= 4 is 0 Å². The minimum atomic E-state index is -2.80. The molecule has 0 bridgehead atoms. The second kappa shape index (κ2) is 4.01. The van der Waals surface area contributed by atoms with Gasteiger partial charge in [-0.3, -0.25) is 0 Å². The quantitative estimate of drug-likeness (QED) is 0.661. The molecule has 1 fully saturated rings. The van der Waals surface area contributed by atoms with Crippen LogP contribution in [-0.2, 0) is 0 Å². The van der Waals surface area contributed by atoms with Crippen molar-refractivity contribution in [3.63, 3.8) is 0 Å². The third kappa shape index (κ3) is 2.63. The van der Waals surface area contributed by atoms with E-state index in [4.69, 9.17) is 5.26 Å². The van der Waals surface area contributed by atoms with Crippen molar-refractivity contribution in [2.24, 2.45) is 5.92 Å². The van der Waals surface area contributed by atoms with Crippen molar-refractivity contribution in [2.75, 3.05) is 20.1 Å². The SMILES string of the molecule is CN1CCCC(C(F)(F)CC#N)C1. The number of alkyl halides is 2. The van der Waals surface area contributed by atoms with Gasteiger partial charge in [-0.05, 0) is 26.4 Å². The van der Waals surface area contributed by atoms with E-state index in [9.17, 15) is 8.78 Å². The molecule has 0 aliphatic carbocycles. The van der Waals surface area contributed by atoms with Gasteiger partial charge in [-0.25, -0.2) is 8.78 Å². The summed E-state index contributed by atoms with van der Waals surface area (Å²) in [6, 6.07) is 1.55. The Bertz CT molecular complexity index is 210. The molecule has 74 valence electrons. The number of nitrogens with zero attached hydrogens (tertiary/aromatic N) is 2. The number of hydrogen-bond donors (Lipinski definition) is 0.